The molecule has 2 aliphatic heterocycles. The van der Waals surface area contributed by atoms with Crippen LogP contribution < -0.4 is 25.0 Å². The molecule has 9 heteroatoms. The SMILES string of the molecule is CCOc1cccc2c1O[C@]1(C)[C@@H](C(=O)Nc3ccc(Cl)cc3)[C@@H]2NC(=S)N1c1cccc(Br)c1. The first-order valence-corrected chi connectivity index (χ1v) is 12.8. The average Bonchev–Trinajstić information content (AvgIpc) is 2.81. The number of hydrogen-bond donors (Lipinski definition) is 2. The summed E-state index contributed by atoms with van der Waals surface area (Å²) < 4.78 is 13.5. The summed E-state index contributed by atoms with van der Waals surface area (Å²) in [7, 11) is 0. The summed E-state index contributed by atoms with van der Waals surface area (Å²) in [6, 6.07) is 20.0. The van der Waals surface area contributed by atoms with Gasteiger partial charge >= 0.3 is 0 Å². The van der Waals surface area contributed by atoms with Crippen molar-refractivity contribution in [3.63, 3.8) is 0 Å². The molecule has 3 aromatic rings. The van der Waals surface area contributed by atoms with Crippen molar-refractivity contribution in [1.82, 2.24) is 5.32 Å². The maximum absolute atomic E-state index is 13.9. The van der Waals surface area contributed by atoms with E-state index in [1.165, 1.54) is 0 Å². The summed E-state index contributed by atoms with van der Waals surface area (Å²) in [6.07, 6.45) is 0. The Bertz CT molecular complexity index is 1310. The van der Waals surface area contributed by atoms with Gasteiger partial charge in [-0.25, -0.2) is 0 Å². The molecule has 0 saturated carbocycles. The van der Waals surface area contributed by atoms with Gasteiger partial charge in [-0.05, 0) is 74.6 Å². The lowest BCUT2D eigenvalue weighted by atomic mass is 9.78. The van der Waals surface area contributed by atoms with Crippen LogP contribution in [0.4, 0.5) is 11.4 Å². The van der Waals surface area contributed by atoms with Gasteiger partial charge in [0.15, 0.2) is 22.3 Å². The highest BCUT2D eigenvalue weighted by Crippen LogP contribution is 2.52. The van der Waals surface area contributed by atoms with Gasteiger partial charge in [0, 0.05) is 26.4 Å². The average molecular weight is 573 g/mol. The standard InChI is InChI=1S/C26H23BrClN3O3S/c1-3-33-20-9-5-8-19-22-21(24(32)29-17-12-10-16(28)11-13-17)26(2,34-23(19)20)31(25(35)30-22)18-7-4-6-15(27)14-18/h4-14,21-22H,3H2,1-2H3,(H,29,32)(H,30,35)/t21-,22-,26-/m1/s1. The smallest absolute Gasteiger partial charge is 0.236 e. The molecule has 1 amide bonds. The van der Waals surface area contributed by atoms with Gasteiger partial charge in [-0.2, -0.15) is 0 Å². The second-order valence-corrected chi connectivity index (χ2v) is 10.2. The van der Waals surface area contributed by atoms with Crippen molar-refractivity contribution in [2.75, 3.05) is 16.8 Å². The molecule has 0 spiro atoms. The number of para-hydroxylation sites is 1. The number of nitrogens with zero attached hydrogens (tertiary/aromatic N) is 1. The Hall–Kier alpha value is -2.81. The zero-order chi connectivity index (χ0) is 24.7. The molecule has 3 aromatic carbocycles. The first kappa shape index (κ1) is 23.9. The molecule has 2 aliphatic rings. The number of hydrogen-bond acceptors (Lipinski definition) is 4. The molecule has 1 saturated heterocycles. The van der Waals surface area contributed by atoms with Crippen molar-refractivity contribution in [3.05, 3.63) is 81.8 Å². The van der Waals surface area contributed by atoms with Gasteiger partial charge in [0.1, 0.15) is 5.92 Å². The molecular weight excluding hydrogens is 550 g/mol. The number of fused-ring (bicyclic) bond motifs is 4. The summed E-state index contributed by atoms with van der Waals surface area (Å²) in [5, 5.41) is 7.52. The van der Waals surface area contributed by atoms with Crippen LogP contribution in [0.3, 0.4) is 0 Å². The molecule has 0 aromatic heterocycles. The molecule has 0 aliphatic carbocycles. The van der Waals surface area contributed by atoms with Crippen molar-refractivity contribution in [3.8, 4) is 11.5 Å². The highest BCUT2D eigenvalue weighted by Gasteiger charge is 2.59. The molecule has 0 radical (unpaired) electrons. The van der Waals surface area contributed by atoms with Crippen molar-refractivity contribution in [1.29, 1.82) is 0 Å². The van der Waals surface area contributed by atoms with E-state index >= 15 is 0 Å². The van der Waals surface area contributed by atoms with Gasteiger partial charge < -0.3 is 20.1 Å². The predicted molar refractivity (Wildman–Crippen MR) is 145 cm³/mol. The lowest BCUT2D eigenvalue weighted by Gasteiger charge is -2.56. The second kappa shape index (κ2) is 9.33. The van der Waals surface area contributed by atoms with E-state index in [1.807, 2.05) is 61.2 Å². The second-order valence-electron chi connectivity index (χ2n) is 8.48. The van der Waals surface area contributed by atoms with E-state index in [4.69, 9.17) is 33.3 Å². The van der Waals surface area contributed by atoms with Crippen molar-refractivity contribution < 1.29 is 14.3 Å². The molecule has 1 fully saturated rings. The van der Waals surface area contributed by atoms with Crippen LogP contribution in [0.1, 0.15) is 25.5 Å². The van der Waals surface area contributed by atoms with E-state index in [1.54, 1.807) is 24.3 Å². The van der Waals surface area contributed by atoms with E-state index in [-0.39, 0.29) is 5.91 Å². The fourth-order valence-corrected chi connectivity index (χ4v) is 5.72. The zero-order valence-corrected chi connectivity index (χ0v) is 22.2. The van der Waals surface area contributed by atoms with E-state index in [9.17, 15) is 4.79 Å². The number of nitrogens with one attached hydrogen (secondary N) is 2. The Labute approximate surface area is 222 Å². The number of anilines is 2. The molecule has 0 unspecified atom stereocenters. The number of halogens is 2. The predicted octanol–water partition coefficient (Wildman–Crippen LogP) is 6.30. The summed E-state index contributed by atoms with van der Waals surface area (Å²) in [5.74, 6) is 0.365. The molecule has 2 bridgehead atoms. The fourth-order valence-electron chi connectivity index (χ4n) is 4.80. The quantitative estimate of drug-likeness (QED) is 0.350. The fraction of sp³-hybridized carbons (Fsp3) is 0.231. The lowest BCUT2D eigenvalue weighted by molar-refractivity contribution is -0.130. The maximum atomic E-state index is 13.9. The summed E-state index contributed by atoms with van der Waals surface area (Å²) in [5.41, 5.74) is 1.11. The number of rotatable bonds is 5. The van der Waals surface area contributed by atoms with E-state index in [2.05, 4.69) is 26.6 Å². The Morgan fingerprint density at radius 2 is 1.97 bits per heavy atom. The highest BCUT2D eigenvalue weighted by molar-refractivity contribution is 9.10. The van der Waals surface area contributed by atoms with Gasteiger partial charge in [-0.1, -0.05) is 45.7 Å². The number of thiocarbonyl (C=S) groups is 1. The number of amides is 1. The van der Waals surface area contributed by atoms with E-state index in [0.29, 0.717) is 33.9 Å². The molecule has 2 heterocycles. The largest absolute Gasteiger partial charge is 0.490 e. The van der Waals surface area contributed by atoms with Gasteiger partial charge in [0.25, 0.3) is 0 Å². The van der Waals surface area contributed by atoms with E-state index < -0.39 is 17.7 Å². The molecule has 35 heavy (non-hydrogen) atoms. The summed E-state index contributed by atoms with van der Waals surface area (Å²) >= 11 is 15.4. The van der Waals surface area contributed by atoms with Crippen molar-refractivity contribution in [2.45, 2.75) is 25.6 Å². The Balaban J connectivity index is 1.64. The number of benzene rings is 3. The Morgan fingerprint density at radius 1 is 1.23 bits per heavy atom. The number of carbonyl (C=O) groups is 1. The minimum atomic E-state index is -1.15. The molecule has 180 valence electrons. The molecule has 5 rings (SSSR count). The molecule has 3 atom stereocenters. The first-order valence-electron chi connectivity index (χ1n) is 11.2. The summed E-state index contributed by atoms with van der Waals surface area (Å²) in [4.78, 5) is 15.7. The third kappa shape index (κ3) is 4.24. The first-order chi connectivity index (χ1) is 16.8. The molecule has 2 N–H and O–H groups in total. The monoisotopic (exact) mass is 571 g/mol. The van der Waals surface area contributed by atoms with Gasteiger partial charge in [0.05, 0.1) is 12.6 Å². The Morgan fingerprint density at radius 3 is 2.69 bits per heavy atom. The third-order valence-corrected chi connectivity index (χ3v) is 7.30. The zero-order valence-electron chi connectivity index (χ0n) is 19.0. The van der Waals surface area contributed by atoms with Crippen LogP contribution in [0, 0.1) is 5.92 Å². The molecule has 6 nitrogen and oxygen atoms in total. The lowest BCUT2D eigenvalue weighted by Crippen LogP contribution is -2.72. The van der Waals surface area contributed by atoms with Gasteiger partial charge in [-0.3, -0.25) is 9.69 Å². The topological polar surface area (TPSA) is 62.8 Å². The van der Waals surface area contributed by atoms with Crippen molar-refractivity contribution in [2.24, 2.45) is 5.92 Å². The summed E-state index contributed by atoms with van der Waals surface area (Å²) in [6.45, 7) is 4.31. The van der Waals surface area contributed by atoms with Crippen LogP contribution in [0.5, 0.6) is 11.5 Å². The van der Waals surface area contributed by atoms with E-state index in [0.717, 1.165) is 15.7 Å². The normalized spacial score (nSPS) is 22.5. The Kier molecular flexibility index (Phi) is 6.38. The van der Waals surface area contributed by atoms with Gasteiger partial charge in [0.2, 0.25) is 5.91 Å². The highest BCUT2D eigenvalue weighted by atomic mass is 79.9. The minimum Gasteiger partial charge on any atom is -0.490 e. The number of ether oxygens (including phenoxy) is 2. The van der Waals surface area contributed by atoms with Crippen LogP contribution in [0.2, 0.25) is 5.02 Å². The van der Waals surface area contributed by atoms with Crippen LogP contribution in [-0.2, 0) is 4.79 Å². The van der Waals surface area contributed by atoms with Crippen molar-refractivity contribution >= 4 is 62.1 Å². The molecular formula is C26H23BrClN3O3S. The van der Waals surface area contributed by atoms with Crippen LogP contribution in [0.15, 0.2) is 71.2 Å². The van der Waals surface area contributed by atoms with Crippen LogP contribution in [-0.4, -0.2) is 23.4 Å². The third-order valence-electron chi connectivity index (χ3n) is 6.25. The maximum Gasteiger partial charge on any atom is 0.236 e. The van der Waals surface area contributed by atoms with Gasteiger partial charge in [-0.15, -0.1) is 0 Å². The van der Waals surface area contributed by atoms with Crippen LogP contribution >= 0.6 is 39.7 Å². The minimum absolute atomic E-state index is 0.206. The van der Waals surface area contributed by atoms with Crippen LogP contribution in [0.25, 0.3) is 0 Å². The number of carbonyl (C=O) groups excluding carboxylic acids is 1.